The first-order valence-electron chi connectivity index (χ1n) is 12.1. The Morgan fingerprint density at radius 1 is 1.03 bits per heavy atom. The van der Waals surface area contributed by atoms with E-state index in [2.05, 4.69) is 21.3 Å². The zero-order chi connectivity index (χ0) is 25.4. The fraction of sp³-hybridized carbons (Fsp3) is 0.385. The van der Waals surface area contributed by atoms with Crippen molar-refractivity contribution in [2.45, 2.75) is 30.8 Å². The number of aromatic nitrogens is 2. The molecule has 1 amide bonds. The van der Waals surface area contributed by atoms with Gasteiger partial charge in [-0.15, -0.1) is 0 Å². The molecular formula is C26H33N5O4S. The van der Waals surface area contributed by atoms with Crippen molar-refractivity contribution in [2.24, 2.45) is 0 Å². The molecule has 0 radical (unpaired) electrons. The number of nitrogens with zero attached hydrogens (tertiary/aromatic N) is 4. The van der Waals surface area contributed by atoms with E-state index < -0.39 is 10.0 Å². The van der Waals surface area contributed by atoms with Crippen LogP contribution in [0.25, 0.3) is 0 Å². The lowest BCUT2D eigenvalue weighted by Crippen LogP contribution is -2.36. The van der Waals surface area contributed by atoms with Gasteiger partial charge in [-0.25, -0.2) is 13.4 Å². The summed E-state index contributed by atoms with van der Waals surface area (Å²) in [5.41, 5.74) is 2.18. The number of methoxy groups -OCH3 is 1. The third kappa shape index (κ3) is 6.71. The molecule has 0 atom stereocenters. The van der Waals surface area contributed by atoms with Crippen LogP contribution < -0.4 is 10.1 Å². The molecule has 10 heteroatoms. The van der Waals surface area contributed by atoms with Gasteiger partial charge in [0.2, 0.25) is 15.9 Å². The molecule has 0 saturated carbocycles. The zero-order valence-corrected chi connectivity index (χ0v) is 21.4. The Morgan fingerprint density at radius 2 is 1.86 bits per heavy atom. The Hall–Kier alpha value is -3.21. The summed E-state index contributed by atoms with van der Waals surface area (Å²) >= 11 is 0. The van der Waals surface area contributed by atoms with Crippen LogP contribution >= 0.6 is 0 Å². The maximum atomic E-state index is 13.2. The van der Waals surface area contributed by atoms with Crippen LogP contribution in [0.4, 0.5) is 0 Å². The van der Waals surface area contributed by atoms with Crippen LogP contribution in [0.3, 0.4) is 0 Å². The number of ether oxygens (including phenoxy) is 1. The Balaban J connectivity index is 1.47. The molecule has 36 heavy (non-hydrogen) atoms. The van der Waals surface area contributed by atoms with Gasteiger partial charge < -0.3 is 14.6 Å². The highest BCUT2D eigenvalue weighted by atomic mass is 32.2. The van der Waals surface area contributed by atoms with Gasteiger partial charge in [-0.3, -0.25) is 9.69 Å². The molecule has 1 saturated heterocycles. The highest BCUT2D eigenvalue weighted by Gasteiger charge is 2.25. The van der Waals surface area contributed by atoms with Gasteiger partial charge in [-0.2, -0.15) is 4.31 Å². The molecular weight excluding hydrogens is 478 g/mol. The predicted molar refractivity (Wildman–Crippen MR) is 137 cm³/mol. The predicted octanol–water partition coefficient (Wildman–Crippen LogP) is 2.34. The first kappa shape index (κ1) is 25.9. The Morgan fingerprint density at radius 3 is 2.61 bits per heavy atom. The van der Waals surface area contributed by atoms with Gasteiger partial charge >= 0.3 is 0 Å². The molecule has 0 unspecified atom stereocenters. The monoisotopic (exact) mass is 511 g/mol. The molecule has 1 N–H and O–H groups in total. The number of carbonyl (C=O) groups excluding carboxylic acids is 1. The first-order chi connectivity index (χ1) is 17.5. The van der Waals surface area contributed by atoms with Crippen LogP contribution in [0.15, 0.2) is 72.1 Å². The molecule has 1 fully saturated rings. The van der Waals surface area contributed by atoms with E-state index in [0.29, 0.717) is 45.7 Å². The quantitative estimate of drug-likeness (QED) is 0.523. The summed E-state index contributed by atoms with van der Waals surface area (Å²) in [6, 6.07) is 14.6. The molecule has 0 aliphatic carbocycles. The van der Waals surface area contributed by atoms with Crippen molar-refractivity contribution < 1.29 is 17.9 Å². The smallest absolute Gasteiger partial charge is 0.243 e. The van der Waals surface area contributed by atoms with Crippen molar-refractivity contribution in [1.29, 1.82) is 0 Å². The molecule has 9 nitrogen and oxygen atoms in total. The summed E-state index contributed by atoms with van der Waals surface area (Å²) in [7, 11) is -2.00. The molecule has 192 valence electrons. The van der Waals surface area contributed by atoms with Crippen LogP contribution in [0.5, 0.6) is 5.75 Å². The average molecular weight is 512 g/mol. The number of benzene rings is 2. The molecule has 3 aromatic rings. The lowest BCUT2D eigenvalue weighted by atomic mass is 10.1. The van der Waals surface area contributed by atoms with E-state index >= 15 is 0 Å². The molecule has 2 aromatic carbocycles. The minimum Gasteiger partial charge on any atom is -0.496 e. The van der Waals surface area contributed by atoms with Gasteiger partial charge in [0, 0.05) is 57.1 Å². The largest absolute Gasteiger partial charge is 0.496 e. The Kier molecular flexibility index (Phi) is 8.74. The summed E-state index contributed by atoms with van der Waals surface area (Å²) in [6.45, 7) is 3.76. The van der Waals surface area contributed by atoms with Crippen molar-refractivity contribution in [3.05, 3.63) is 78.4 Å². The van der Waals surface area contributed by atoms with Crippen LogP contribution in [0.1, 0.15) is 24.0 Å². The number of hydrogen-bond donors (Lipinski definition) is 1. The van der Waals surface area contributed by atoms with E-state index in [-0.39, 0.29) is 23.8 Å². The number of imidazole rings is 1. The van der Waals surface area contributed by atoms with Gasteiger partial charge in [-0.1, -0.05) is 24.3 Å². The van der Waals surface area contributed by atoms with Crippen LogP contribution in [-0.2, 0) is 27.9 Å². The van der Waals surface area contributed by atoms with Crippen molar-refractivity contribution in [1.82, 2.24) is 24.1 Å². The third-order valence-electron chi connectivity index (χ3n) is 6.26. The number of rotatable bonds is 7. The van der Waals surface area contributed by atoms with E-state index in [1.54, 1.807) is 50.0 Å². The maximum Gasteiger partial charge on any atom is 0.243 e. The fourth-order valence-electron chi connectivity index (χ4n) is 4.39. The molecule has 1 aliphatic rings. The van der Waals surface area contributed by atoms with Crippen LogP contribution in [0.2, 0.25) is 0 Å². The number of nitrogens with one attached hydrogen (secondary N) is 1. The minimum absolute atomic E-state index is 0.141. The summed E-state index contributed by atoms with van der Waals surface area (Å²) < 4.78 is 35.4. The van der Waals surface area contributed by atoms with Gasteiger partial charge in [0.1, 0.15) is 5.75 Å². The van der Waals surface area contributed by atoms with Crippen LogP contribution in [-0.4, -0.2) is 72.9 Å². The summed E-state index contributed by atoms with van der Waals surface area (Å²) in [5, 5.41) is 2.93. The molecule has 4 rings (SSSR count). The number of amides is 1. The summed E-state index contributed by atoms with van der Waals surface area (Å²) in [6.07, 6.45) is 6.25. The van der Waals surface area contributed by atoms with Gasteiger partial charge in [0.15, 0.2) is 0 Å². The second-order valence-corrected chi connectivity index (χ2v) is 10.8. The molecule has 1 aliphatic heterocycles. The Bertz CT molecular complexity index is 1230. The summed E-state index contributed by atoms with van der Waals surface area (Å²) in [5.74, 6) is 0.677. The average Bonchev–Trinajstić information content (AvgIpc) is 3.38. The highest BCUT2D eigenvalue weighted by molar-refractivity contribution is 7.89. The van der Waals surface area contributed by atoms with Crippen molar-refractivity contribution in [3.63, 3.8) is 0 Å². The van der Waals surface area contributed by atoms with Crippen molar-refractivity contribution >= 4 is 15.9 Å². The standard InChI is InChI=1S/C26H33N5O4S/c1-35-25-9-8-22(18-23(25)20-30-16-11-27-21-30)19-29-13-5-14-31(15-10-26(32)28-12-17-29)36(33,34)24-6-3-2-4-7-24/h2-4,6-9,11,16,18,21H,5,10,12-15,17,19-20H2,1H3,(H,28,32). The van der Waals surface area contributed by atoms with Crippen molar-refractivity contribution in [2.75, 3.05) is 39.8 Å². The number of hydrogen-bond acceptors (Lipinski definition) is 6. The lowest BCUT2D eigenvalue weighted by molar-refractivity contribution is -0.121. The normalized spacial score (nSPS) is 16.8. The second kappa shape index (κ2) is 12.2. The number of sulfonamides is 1. The summed E-state index contributed by atoms with van der Waals surface area (Å²) in [4.78, 5) is 19.0. The maximum absolute atomic E-state index is 13.2. The van der Waals surface area contributed by atoms with E-state index in [1.165, 1.54) is 4.31 Å². The molecule has 1 aromatic heterocycles. The van der Waals surface area contributed by atoms with Crippen molar-refractivity contribution in [3.8, 4) is 5.75 Å². The third-order valence-corrected chi connectivity index (χ3v) is 8.18. The lowest BCUT2D eigenvalue weighted by Gasteiger charge is -2.25. The van der Waals surface area contributed by atoms with E-state index in [9.17, 15) is 13.2 Å². The molecule has 0 spiro atoms. The molecule has 2 heterocycles. The topological polar surface area (TPSA) is 96.8 Å². The SMILES string of the molecule is COc1ccc(CN2CCCN(S(=O)(=O)c3ccccc3)CCC(=O)NCC2)cc1Cn1ccnc1. The fourth-order valence-corrected chi connectivity index (χ4v) is 5.89. The van der Waals surface area contributed by atoms with E-state index in [1.807, 2.05) is 22.9 Å². The van der Waals surface area contributed by atoms with E-state index in [0.717, 1.165) is 16.9 Å². The molecule has 0 bridgehead atoms. The first-order valence-corrected chi connectivity index (χ1v) is 13.6. The van der Waals surface area contributed by atoms with Gasteiger partial charge in [0.25, 0.3) is 0 Å². The second-order valence-electron chi connectivity index (χ2n) is 8.83. The Labute approximate surface area is 212 Å². The van der Waals surface area contributed by atoms with Crippen LogP contribution in [0, 0.1) is 0 Å². The highest BCUT2D eigenvalue weighted by Crippen LogP contribution is 2.22. The number of carbonyl (C=O) groups is 1. The van der Waals surface area contributed by atoms with Gasteiger partial charge in [0.05, 0.1) is 24.9 Å². The van der Waals surface area contributed by atoms with Gasteiger partial charge in [-0.05, 0) is 42.8 Å². The zero-order valence-electron chi connectivity index (χ0n) is 20.5. The van der Waals surface area contributed by atoms with E-state index in [4.69, 9.17) is 4.74 Å². The minimum atomic E-state index is -3.67.